The molecule has 2 saturated heterocycles. The summed E-state index contributed by atoms with van der Waals surface area (Å²) in [6, 6.07) is 15.6. The lowest BCUT2D eigenvalue weighted by atomic mass is 9.83. The highest BCUT2D eigenvalue weighted by atomic mass is 16.2. The number of aryl methyl sites for hydroxylation is 1. The average molecular weight is 390 g/mol. The van der Waals surface area contributed by atoms with E-state index in [0.29, 0.717) is 18.4 Å². The Hall–Kier alpha value is -2.77. The van der Waals surface area contributed by atoms with Gasteiger partial charge in [-0.3, -0.25) is 14.9 Å². The molecule has 0 bridgehead atoms. The fraction of sp³-hybridized carbons (Fsp3) is 0.409. The van der Waals surface area contributed by atoms with Crippen molar-refractivity contribution in [2.45, 2.75) is 37.9 Å². The maximum absolute atomic E-state index is 12.8. The number of hydrogen-bond acceptors (Lipinski definition) is 5. The van der Waals surface area contributed by atoms with E-state index in [4.69, 9.17) is 0 Å². The van der Waals surface area contributed by atoms with Gasteiger partial charge in [-0.1, -0.05) is 42.5 Å². The molecular weight excluding hydrogens is 364 g/mol. The molecule has 7 nitrogen and oxygen atoms in total. The van der Waals surface area contributed by atoms with E-state index in [1.165, 1.54) is 22.7 Å². The summed E-state index contributed by atoms with van der Waals surface area (Å²) in [4.78, 5) is 18.8. The minimum Gasteiger partial charge on any atom is -0.342 e. The standard InChI is InChI=1S/C22H26N6O/c29-21(9-4-11-28-15-23-14-24-28)27-12-10-20-19(13-27)22(26-25-20)18-8-3-6-16-5-1-2-7-17(16)18/h1-3,5-8,14-15,19-20,22,25-26H,4,9-13H2. The molecule has 3 aromatic rings. The van der Waals surface area contributed by atoms with Crippen LogP contribution in [0.4, 0.5) is 0 Å². The zero-order valence-electron chi connectivity index (χ0n) is 16.4. The fourth-order valence-corrected chi connectivity index (χ4v) is 4.76. The number of piperidine rings is 1. The monoisotopic (exact) mass is 390 g/mol. The molecule has 3 heterocycles. The predicted molar refractivity (Wildman–Crippen MR) is 111 cm³/mol. The second-order valence-electron chi connectivity index (χ2n) is 8.00. The highest BCUT2D eigenvalue weighted by Crippen LogP contribution is 2.36. The summed E-state index contributed by atoms with van der Waals surface area (Å²) in [7, 11) is 0. The van der Waals surface area contributed by atoms with Crippen LogP contribution in [0, 0.1) is 5.92 Å². The Labute approximate surface area is 170 Å². The van der Waals surface area contributed by atoms with Crippen molar-refractivity contribution in [2.24, 2.45) is 5.92 Å². The van der Waals surface area contributed by atoms with Crippen LogP contribution in [0.25, 0.3) is 10.8 Å². The van der Waals surface area contributed by atoms with Gasteiger partial charge in [-0.05, 0) is 29.2 Å². The summed E-state index contributed by atoms with van der Waals surface area (Å²) in [6.07, 6.45) is 5.54. The number of fused-ring (bicyclic) bond motifs is 2. The molecule has 0 spiro atoms. The van der Waals surface area contributed by atoms with E-state index < -0.39 is 0 Å². The number of amides is 1. The number of hydrazine groups is 1. The lowest BCUT2D eigenvalue weighted by molar-refractivity contribution is -0.133. The molecule has 3 atom stereocenters. The zero-order valence-corrected chi connectivity index (χ0v) is 16.4. The van der Waals surface area contributed by atoms with Gasteiger partial charge in [0.1, 0.15) is 12.7 Å². The number of aromatic nitrogens is 3. The van der Waals surface area contributed by atoms with E-state index in [1.807, 2.05) is 0 Å². The van der Waals surface area contributed by atoms with Gasteiger partial charge in [-0.15, -0.1) is 0 Å². The van der Waals surface area contributed by atoms with E-state index in [0.717, 1.165) is 32.5 Å². The van der Waals surface area contributed by atoms with Crippen LogP contribution in [0.3, 0.4) is 0 Å². The van der Waals surface area contributed by atoms with Crippen LogP contribution in [-0.2, 0) is 11.3 Å². The molecule has 0 aliphatic carbocycles. The van der Waals surface area contributed by atoms with Gasteiger partial charge in [0.25, 0.3) is 0 Å². The van der Waals surface area contributed by atoms with Gasteiger partial charge in [0.15, 0.2) is 0 Å². The van der Waals surface area contributed by atoms with Gasteiger partial charge in [0.2, 0.25) is 5.91 Å². The van der Waals surface area contributed by atoms with Gasteiger partial charge in [0, 0.05) is 38.0 Å². The van der Waals surface area contributed by atoms with Gasteiger partial charge in [-0.25, -0.2) is 10.4 Å². The van der Waals surface area contributed by atoms with Crippen molar-refractivity contribution in [3.05, 3.63) is 60.7 Å². The van der Waals surface area contributed by atoms with Crippen LogP contribution in [0.15, 0.2) is 55.1 Å². The van der Waals surface area contributed by atoms with Crippen molar-refractivity contribution in [1.82, 2.24) is 30.5 Å². The first kappa shape index (κ1) is 18.3. The highest BCUT2D eigenvalue weighted by Gasteiger charge is 2.41. The van der Waals surface area contributed by atoms with E-state index in [2.05, 4.69) is 68.3 Å². The van der Waals surface area contributed by atoms with Gasteiger partial charge < -0.3 is 4.90 Å². The minimum absolute atomic E-state index is 0.205. The molecule has 2 N–H and O–H groups in total. The average Bonchev–Trinajstić information content (AvgIpc) is 3.42. The number of carbonyl (C=O) groups is 1. The molecular formula is C22H26N6O. The first-order valence-electron chi connectivity index (χ1n) is 10.4. The lowest BCUT2D eigenvalue weighted by Gasteiger charge is -2.36. The van der Waals surface area contributed by atoms with Crippen LogP contribution in [0.5, 0.6) is 0 Å². The summed E-state index contributed by atoms with van der Waals surface area (Å²) >= 11 is 0. The lowest BCUT2D eigenvalue weighted by Crippen LogP contribution is -2.47. The molecule has 3 unspecified atom stereocenters. The van der Waals surface area contributed by atoms with Crippen molar-refractivity contribution in [1.29, 1.82) is 0 Å². The normalized spacial score (nSPS) is 24.0. The maximum Gasteiger partial charge on any atom is 0.222 e. The predicted octanol–water partition coefficient (Wildman–Crippen LogP) is 2.28. The third-order valence-corrected chi connectivity index (χ3v) is 6.27. The third kappa shape index (κ3) is 3.63. The molecule has 0 saturated carbocycles. The van der Waals surface area contributed by atoms with Crippen LogP contribution in [0.1, 0.15) is 30.9 Å². The van der Waals surface area contributed by atoms with E-state index >= 15 is 0 Å². The summed E-state index contributed by atoms with van der Waals surface area (Å²) in [5, 5.41) is 6.64. The quantitative estimate of drug-likeness (QED) is 0.699. The summed E-state index contributed by atoms with van der Waals surface area (Å²) < 4.78 is 1.78. The third-order valence-electron chi connectivity index (χ3n) is 6.27. The SMILES string of the molecule is O=C(CCCn1cncn1)N1CCC2NNC(c3cccc4ccccc34)C2C1. The number of likely N-dealkylation sites (tertiary alicyclic amines) is 1. The van der Waals surface area contributed by atoms with Crippen LogP contribution >= 0.6 is 0 Å². The molecule has 2 fully saturated rings. The Balaban J connectivity index is 1.28. The van der Waals surface area contributed by atoms with E-state index in [1.54, 1.807) is 11.0 Å². The molecule has 2 aromatic carbocycles. The second kappa shape index (κ2) is 7.93. The molecule has 7 heteroatoms. The Morgan fingerprint density at radius 3 is 2.93 bits per heavy atom. The van der Waals surface area contributed by atoms with Crippen molar-refractivity contribution in [3.8, 4) is 0 Å². The molecule has 1 amide bonds. The Kier molecular flexibility index (Phi) is 4.99. The number of carbonyl (C=O) groups excluding carboxylic acids is 1. The molecule has 5 rings (SSSR count). The van der Waals surface area contributed by atoms with E-state index in [-0.39, 0.29) is 11.9 Å². The van der Waals surface area contributed by atoms with Crippen LogP contribution < -0.4 is 10.9 Å². The number of nitrogens with one attached hydrogen (secondary N) is 2. The zero-order chi connectivity index (χ0) is 19.6. The first-order valence-corrected chi connectivity index (χ1v) is 10.4. The van der Waals surface area contributed by atoms with E-state index in [9.17, 15) is 4.79 Å². The molecule has 1 aromatic heterocycles. The number of nitrogens with zero attached hydrogens (tertiary/aromatic N) is 4. The fourth-order valence-electron chi connectivity index (χ4n) is 4.76. The molecule has 150 valence electrons. The molecule has 29 heavy (non-hydrogen) atoms. The molecule has 2 aliphatic heterocycles. The highest BCUT2D eigenvalue weighted by molar-refractivity contribution is 5.86. The summed E-state index contributed by atoms with van der Waals surface area (Å²) in [5.41, 5.74) is 8.32. The number of hydrogen-bond donors (Lipinski definition) is 2. The molecule has 0 radical (unpaired) electrons. The van der Waals surface area contributed by atoms with Crippen LogP contribution in [-0.4, -0.2) is 44.7 Å². The van der Waals surface area contributed by atoms with Crippen molar-refractivity contribution in [3.63, 3.8) is 0 Å². The Morgan fingerprint density at radius 2 is 2.03 bits per heavy atom. The maximum atomic E-state index is 12.8. The smallest absolute Gasteiger partial charge is 0.222 e. The van der Waals surface area contributed by atoms with Crippen molar-refractivity contribution >= 4 is 16.7 Å². The number of rotatable bonds is 5. The topological polar surface area (TPSA) is 75.1 Å². The largest absolute Gasteiger partial charge is 0.342 e. The first-order chi connectivity index (χ1) is 14.3. The number of benzene rings is 2. The van der Waals surface area contributed by atoms with Gasteiger partial charge in [-0.2, -0.15) is 5.10 Å². The Bertz CT molecular complexity index is 983. The second-order valence-corrected chi connectivity index (χ2v) is 8.00. The molecule has 2 aliphatic rings. The van der Waals surface area contributed by atoms with Crippen molar-refractivity contribution < 1.29 is 4.79 Å². The van der Waals surface area contributed by atoms with Crippen molar-refractivity contribution in [2.75, 3.05) is 13.1 Å². The minimum atomic E-state index is 0.205. The van der Waals surface area contributed by atoms with Crippen LogP contribution in [0.2, 0.25) is 0 Å². The van der Waals surface area contributed by atoms with Gasteiger partial charge in [0.05, 0.1) is 6.04 Å². The van der Waals surface area contributed by atoms with Gasteiger partial charge >= 0.3 is 0 Å². The Morgan fingerprint density at radius 1 is 1.14 bits per heavy atom. The summed E-state index contributed by atoms with van der Waals surface area (Å²) in [5.74, 6) is 0.612. The summed E-state index contributed by atoms with van der Waals surface area (Å²) in [6.45, 7) is 2.34.